The summed E-state index contributed by atoms with van der Waals surface area (Å²) in [6.45, 7) is 4.10. The first-order valence-electron chi connectivity index (χ1n) is 12.1. The van der Waals surface area contributed by atoms with Crippen molar-refractivity contribution >= 4 is 11.7 Å². The minimum atomic E-state index is -1.62. The van der Waals surface area contributed by atoms with Crippen molar-refractivity contribution in [3.8, 4) is 11.1 Å². The van der Waals surface area contributed by atoms with E-state index >= 15 is 0 Å². The van der Waals surface area contributed by atoms with E-state index in [9.17, 15) is 9.18 Å². The van der Waals surface area contributed by atoms with Crippen LogP contribution in [0.15, 0.2) is 36.5 Å². The summed E-state index contributed by atoms with van der Waals surface area (Å²) in [5.74, 6) is 0.845. The number of carbonyl (C=O) groups is 1. The minimum absolute atomic E-state index is 0.0781. The molecule has 2 aliphatic carbocycles. The first-order chi connectivity index (χ1) is 15.5. The molecule has 1 aromatic heterocycles. The summed E-state index contributed by atoms with van der Waals surface area (Å²) in [6, 6.07) is 12.1. The fraction of sp³-hybridized carbons (Fsp3) is 0.538. The van der Waals surface area contributed by atoms with Gasteiger partial charge in [-0.05, 0) is 79.8 Å². The number of amides is 1. The molecule has 5 nitrogen and oxygen atoms in total. The van der Waals surface area contributed by atoms with Gasteiger partial charge in [-0.25, -0.2) is 9.37 Å². The third-order valence-electron chi connectivity index (χ3n) is 7.99. The molecule has 2 aromatic rings. The van der Waals surface area contributed by atoms with E-state index in [0.717, 1.165) is 38.2 Å². The Morgan fingerprint density at radius 2 is 2.12 bits per heavy atom. The molecule has 168 valence electrons. The topological polar surface area (TPSA) is 57.3 Å². The molecule has 6 heteroatoms. The monoisotopic (exact) mass is 434 g/mol. The Labute approximate surface area is 188 Å². The summed E-state index contributed by atoms with van der Waals surface area (Å²) in [4.78, 5) is 19.4. The van der Waals surface area contributed by atoms with E-state index in [1.165, 1.54) is 28.7 Å². The zero-order valence-corrected chi connectivity index (χ0v) is 18.6. The Hall–Kier alpha value is -2.47. The maximum absolute atomic E-state index is 14.2. The Bertz CT molecular complexity index is 1050. The van der Waals surface area contributed by atoms with E-state index in [4.69, 9.17) is 0 Å². The summed E-state index contributed by atoms with van der Waals surface area (Å²) >= 11 is 0. The molecule has 0 spiro atoms. The van der Waals surface area contributed by atoms with Crippen LogP contribution < -0.4 is 15.5 Å². The predicted octanol–water partition coefficient (Wildman–Crippen LogP) is 3.73. The summed E-state index contributed by atoms with van der Waals surface area (Å²) in [6.07, 6.45) is 7.01. The van der Waals surface area contributed by atoms with E-state index in [1.54, 1.807) is 0 Å². The second-order valence-corrected chi connectivity index (χ2v) is 10.2. The van der Waals surface area contributed by atoms with Gasteiger partial charge in [0.25, 0.3) is 5.91 Å². The van der Waals surface area contributed by atoms with E-state index < -0.39 is 11.6 Å². The van der Waals surface area contributed by atoms with Crippen molar-refractivity contribution in [2.24, 2.45) is 0 Å². The number of aromatic nitrogens is 1. The number of piperazine rings is 1. The highest BCUT2D eigenvalue weighted by molar-refractivity contribution is 5.88. The predicted molar refractivity (Wildman–Crippen MR) is 124 cm³/mol. The van der Waals surface area contributed by atoms with Gasteiger partial charge in [0.1, 0.15) is 5.82 Å². The molecule has 0 radical (unpaired) electrons. The maximum Gasteiger partial charge on any atom is 0.257 e. The number of halogens is 1. The molecule has 4 aliphatic rings. The summed E-state index contributed by atoms with van der Waals surface area (Å²) in [7, 11) is 0. The molecular weight excluding hydrogens is 403 g/mol. The normalized spacial score (nSPS) is 28.3. The van der Waals surface area contributed by atoms with Gasteiger partial charge >= 0.3 is 0 Å². The number of hydrogen-bond acceptors (Lipinski definition) is 4. The van der Waals surface area contributed by atoms with E-state index in [0.29, 0.717) is 24.9 Å². The van der Waals surface area contributed by atoms with Gasteiger partial charge in [-0.1, -0.05) is 18.2 Å². The Kier molecular flexibility index (Phi) is 4.75. The molecule has 2 N–H and O–H groups in total. The van der Waals surface area contributed by atoms with Crippen molar-refractivity contribution in [3.63, 3.8) is 0 Å². The van der Waals surface area contributed by atoms with Crippen molar-refractivity contribution in [1.82, 2.24) is 15.6 Å². The quantitative estimate of drug-likeness (QED) is 0.753. The lowest BCUT2D eigenvalue weighted by Crippen LogP contribution is -2.43. The standard InChI is InChI=1S/C26H31FN4O/c1-16(30-25(32)26(27)8-9-26)22-4-2-3-17-5-6-18(11-23(17)22)19-7-10-28-24(12-19)31-15-20-13-21(31)14-29-20/h5-7,10-12,16,20-22,29H,2-4,8-9,13-15H2,1H3,(H,30,32)/t16?,20?,21-,22-/m0/s1. The van der Waals surface area contributed by atoms with Gasteiger partial charge in [-0.15, -0.1) is 0 Å². The molecule has 3 fully saturated rings. The van der Waals surface area contributed by atoms with Gasteiger partial charge in [0.05, 0.1) is 0 Å². The number of fused-ring (bicyclic) bond motifs is 3. The molecule has 1 aromatic carbocycles. The molecule has 2 aliphatic heterocycles. The van der Waals surface area contributed by atoms with Gasteiger partial charge in [0.2, 0.25) is 0 Å². The Morgan fingerprint density at radius 1 is 1.28 bits per heavy atom. The number of pyridine rings is 1. The average Bonchev–Trinajstić information content (AvgIpc) is 3.23. The summed E-state index contributed by atoms with van der Waals surface area (Å²) in [5.41, 5.74) is 3.39. The lowest BCUT2D eigenvalue weighted by Gasteiger charge is -2.32. The number of carbonyl (C=O) groups excluding carboxylic acids is 1. The number of benzene rings is 1. The number of nitrogens with zero attached hydrogens (tertiary/aromatic N) is 2. The van der Waals surface area contributed by atoms with E-state index in [-0.39, 0.29) is 12.0 Å². The van der Waals surface area contributed by atoms with Crippen LogP contribution >= 0.6 is 0 Å². The van der Waals surface area contributed by atoms with Crippen LogP contribution in [0.2, 0.25) is 0 Å². The average molecular weight is 435 g/mol. The third-order valence-corrected chi connectivity index (χ3v) is 7.99. The third kappa shape index (κ3) is 3.49. The SMILES string of the molecule is CC(NC(=O)C1(F)CC1)[C@@H]1CCCc2ccc(-c3ccnc(N4CC5C[C@H]4CN5)c3)cc21. The number of hydrogen-bond donors (Lipinski definition) is 2. The highest BCUT2D eigenvalue weighted by atomic mass is 19.1. The first-order valence-corrected chi connectivity index (χ1v) is 12.1. The highest BCUT2D eigenvalue weighted by Gasteiger charge is 2.51. The number of alkyl halides is 1. The molecule has 2 saturated heterocycles. The second kappa shape index (κ2) is 7.55. The summed E-state index contributed by atoms with van der Waals surface area (Å²) < 4.78 is 14.2. The van der Waals surface area contributed by atoms with Crippen LogP contribution in [0.3, 0.4) is 0 Å². The largest absolute Gasteiger partial charge is 0.351 e. The zero-order chi connectivity index (χ0) is 21.9. The van der Waals surface area contributed by atoms with Gasteiger partial charge in [-0.3, -0.25) is 4.79 Å². The van der Waals surface area contributed by atoms with Crippen LogP contribution in [0.5, 0.6) is 0 Å². The first kappa shape index (κ1) is 20.2. The van der Waals surface area contributed by atoms with Crippen LogP contribution in [-0.4, -0.2) is 47.8 Å². The van der Waals surface area contributed by atoms with Crippen LogP contribution in [0, 0.1) is 0 Å². The van der Waals surface area contributed by atoms with E-state index in [2.05, 4.69) is 50.8 Å². The van der Waals surface area contributed by atoms with Crippen molar-refractivity contribution in [1.29, 1.82) is 0 Å². The van der Waals surface area contributed by atoms with Gasteiger partial charge in [-0.2, -0.15) is 0 Å². The summed E-state index contributed by atoms with van der Waals surface area (Å²) in [5, 5.41) is 6.53. The lowest BCUT2D eigenvalue weighted by atomic mass is 9.78. The molecule has 4 atom stereocenters. The molecule has 6 rings (SSSR count). The second-order valence-electron chi connectivity index (χ2n) is 10.2. The van der Waals surface area contributed by atoms with Crippen LogP contribution in [0.1, 0.15) is 56.1 Å². The van der Waals surface area contributed by atoms with E-state index in [1.807, 2.05) is 13.1 Å². The van der Waals surface area contributed by atoms with Crippen LogP contribution in [-0.2, 0) is 11.2 Å². The Balaban J connectivity index is 1.27. The van der Waals surface area contributed by atoms with Gasteiger partial charge < -0.3 is 15.5 Å². The maximum atomic E-state index is 14.2. The van der Waals surface area contributed by atoms with Crippen molar-refractivity contribution < 1.29 is 9.18 Å². The number of anilines is 1. The molecule has 3 heterocycles. The minimum Gasteiger partial charge on any atom is -0.351 e. The lowest BCUT2D eigenvalue weighted by molar-refractivity contribution is -0.128. The van der Waals surface area contributed by atoms with Gasteiger partial charge in [0.15, 0.2) is 5.67 Å². The molecule has 1 amide bonds. The van der Waals surface area contributed by atoms with Crippen LogP contribution in [0.25, 0.3) is 11.1 Å². The van der Waals surface area contributed by atoms with Crippen LogP contribution in [0.4, 0.5) is 10.2 Å². The molecule has 1 saturated carbocycles. The van der Waals surface area contributed by atoms with Gasteiger partial charge in [0, 0.05) is 43.3 Å². The number of rotatable bonds is 5. The van der Waals surface area contributed by atoms with Crippen molar-refractivity contribution in [2.45, 2.75) is 75.2 Å². The van der Waals surface area contributed by atoms with Crippen molar-refractivity contribution in [3.05, 3.63) is 47.7 Å². The fourth-order valence-electron chi connectivity index (χ4n) is 5.90. The fourth-order valence-corrected chi connectivity index (χ4v) is 5.90. The molecule has 32 heavy (non-hydrogen) atoms. The smallest absolute Gasteiger partial charge is 0.257 e. The number of nitrogens with one attached hydrogen (secondary N) is 2. The highest BCUT2D eigenvalue weighted by Crippen LogP contribution is 2.41. The Morgan fingerprint density at radius 3 is 2.88 bits per heavy atom. The number of aryl methyl sites for hydroxylation is 1. The van der Waals surface area contributed by atoms with Crippen molar-refractivity contribution in [2.75, 3.05) is 18.0 Å². The molecule has 2 unspecified atom stereocenters. The molecule has 2 bridgehead atoms. The molecular formula is C26H31FN4O. The zero-order valence-electron chi connectivity index (χ0n) is 18.6.